The second-order valence-electron chi connectivity index (χ2n) is 4.68. The fraction of sp³-hybridized carbons (Fsp3) is 0.467. The number of aromatic nitrogens is 3. The van der Waals surface area contributed by atoms with Crippen LogP contribution in [0.3, 0.4) is 0 Å². The van der Waals surface area contributed by atoms with Gasteiger partial charge in [-0.15, -0.1) is 0 Å². The van der Waals surface area contributed by atoms with Crippen molar-refractivity contribution >= 4 is 0 Å². The number of benzene rings is 1. The third kappa shape index (κ3) is 2.99. The van der Waals surface area contributed by atoms with Gasteiger partial charge >= 0.3 is 0 Å². The van der Waals surface area contributed by atoms with E-state index in [4.69, 9.17) is 10.5 Å². The quantitative estimate of drug-likeness (QED) is 0.876. The smallest absolute Gasteiger partial charge is 0.150 e. The van der Waals surface area contributed by atoms with Gasteiger partial charge in [0.05, 0.1) is 19.7 Å². The molecule has 5 heteroatoms. The van der Waals surface area contributed by atoms with E-state index in [0.29, 0.717) is 6.54 Å². The summed E-state index contributed by atoms with van der Waals surface area (Å²) in [6.45, 7) is 4.74. The average molecular weight is 274 g/mol. The number of ether oxygens (including phenoxy) is 1. The Kier molecular flexibility index (Phi) is 4.74. The maximum absolute atomic E-state index is 6.31. The zero-order valence-corrected chi connectivity index (χ0v) is 12.3. The van der Waals surface area contributed by atoms with Crippen molar-refractivity contribution in [3.05, 3.63) is 41.5 Å². The van der Waals surface area contributed by atoms with Crippen LogP contribution in [0.5, 0.6) is 5.75 Å². The molecule has 2 N–H and O–H groups in total. The van der Waals surface area contributed by atoms with Gasteiger partial charge < -0.3 is 10.5 Å². The number of hydrogen-bond donors (Lipinski definition) is 1. The Morgan fingerprint density at radius 3 is 2.65 bits per heavy atom. The molecule has 0 aliphatic rings. The highest BCUT2D eigenvalue weighted by atomic mass is 16.5. The molecule has 1 aromatic carbocycles. The predicted molar refractivity (Wildman–Crippen MR) is 78.7 cm³/mol. The average Bonchev–Trinajstić information content (AvgIpc) is 2.89. The SMILES string of the molecule is CCc1nc(CC)n(CC(N)c2ccccc2OC)n1. The molecule has 1 unspecified atom stereocenters. The molecule has 0 fully saturated rings. The van der Waals surface area contributed by atoms with E-state index >= 15 is 0 Å². The monoisotopic (exact) mass is 274 g/mol. The van der Waals surface area contributed by atoms with Crippen molar-refractivity contribution in [2.75, 3.05) is 7.11 Å². The Hall–Kier alpha value is -1.88. The van der Waals surface area contributed by atoms with Gasteiger partial charge in [0.1, 0.15) is 11.6 Å². The van der Waals surface area contributed by atoms with Crippen LogP contribution in [-0.4, -0.2) is 21.9 Å². The van der Waals surface area contributed by atoms with E-state index in [-0.39, 0.29) is 6.04 Å². The van der Waals surface area contributed by atoms with E-state index in [0.717, 1.165) is 35.8 Å². The maximum Gasteiger partial charge on any atom is 0.150 e. The van der Waals surface area contributed by atoms with Crippen LogP contribution in [0.2, 0.25) is 0 Å². The van der Waals surface area contributed by atoms with E-state index in [1.165, 1.54) is 0 Å². The standard InChI is InChI=1S/C15H22N4O/c1-4-14-17-15(5-2)19(18-14)10-12(16)11-8-6-7-9-13(11)20-3/h6-9,12H,4-5,10,16H2,1-3H3. The van der Waals surface area contributed by atoms with Crippen LogP contribution in [0, 0.1) is 0 Å². The van der Waals surface area contributed by atoms with E-state index in [1.54, 1.807) is 7.11 Å². The Bertz CT molecular complexity index is 565. The summed E-state index contributed by atoms with van der Waals surface area (Å²) in [7, 11) is 1.66. The van der Waals surface area contributed by atoms with Gasteiger partial charge in [0.25, 0.3) is 0 Å². The lowest BCUT2D eigenvalue weighted by Gasteiger charge is -2.16. The summed E-state index contributed by atoms with van der Waals surface area (Å²) < 4.78 is 7.27. The second-order valence-corrected chi connectivity index (χ2v) is 4.68. The van der Waals surface area contributed by atoms with Crippen LogP contribution in [0.1, 0.15) is 37.1 Å². The molecule has 20 heavy (non-hydrogen) atoms. The first-order chi connectivity index (χ1) is 9.69. The lowest BCUT2D eigenvalue weighted by Crippen LogP contribution is -2.20. The van der Waals surface area contributed by atoms with E-state index in [9.17, 15) is 0 Å². The summed E-state index contributed by atoms with van der Waals surface area (Å²) in [5.74, 6) is 2.66. The molecule has 0 saturated carbocycles. The van der Waals surface area contributed by atoms with Gasteiger partial charge in [-0.2, -0.15) is 5.10 Å². The van der Waals surface area contributed by atoms with Crippen LogP contribution in [0.15, 0.2) is 24.3 Å². The van der Waals surface area contributed by atoms with E-state index in [2.05, 4.69) is 23.9 Å². The van der Waals surface area contributed by atoms with Gasteiger partial charge in [-0.25, -0.2) is 9.67 Å². The Balaban J connectivity index is 2.22. The van der Waals surface area contributed by atoms with Crippen LogP contribution in [-0.2, 0) is 19.4 Å². The van der Waals surface area contributed by atoms with Crippen LogP contribution < -0.4 is 10.5 Å². The van der Waals surface area contributed by atoms with E-state index < -0.39 is 0 Å². The molecular weight excluding hydrogens is 252 g/mol. The molecule has 1 atom stereocenters. The molecular formula is C15H22N4O. The number of para-hydroxylation sites is 1. The largest absolute Gasteiger partial charge is 0.496 e. The summed E-state index contributed by atoms with van der Waals surface area (Å²) in [5.41, 5.74) is 7.30. The number of methoxy groups -OCH3 is 1. The molecule has 0 spiro atoms. The summed E-state index contributed by atoms with van der Waals surface area (Å²) in [6.07, 6.45) is 1.69. The molecule has 0 bridgehead atoms. The first-order valence-corrected chi connectivity index (χ1v) is 7.00. The van der Waals surface area contributed by atoms with Crippen LogP contribution >= 0.6 is 0 Å². The number of rotatable bonds is 6. The molecule has 5 nitrogen and oxygen atoms in total. The van der Waals surface area contributed by atoms with Gasteiger partial charge in [-0.05, 0) is 6.07 Å². The molecule has 0 amide bonds. The molecule has 0 aliphatic heterocycles. The predicted octanol–water partition coefficient (Wildman–Crippen LogP) is 2.11. The highest BCUT2D eigenvalue weighted by Gasteiger charge is 2.15. The molecule has 0 saturated heterocycles. The third-order valence-corrected chi connectivity index (χ3v) is 3.33. The van der Waals surface area contributed by atoms with Crippen molar-refractivity contribution in [2.24, 2.45) is 5.73 Å². The number of aryl methyl sites for hydroxylation is 2. The van der Waals surface area contributed by atoms with Crippen molar-refractivity contribution < 1.29 is 4.74 Å². The lowest BCUT2D eigenvalue weighted by molar-refractivity contribution is 0.399. The third-order valence-electron chi connectivity index (χ3n) is 3.33. The summed E-state index contributed by atoms with van der Waals surface area (Å²) in [4.78, 5) is 4.50. The molecule has 2 aromatic rings. The minimum Gasteiger partial charge on any atom is -0.496 e. The Labute approximate surface area is 119 Å². The highest BCUT2D eigenvalue weighted by molar-refractivity contribution is 5.35. The van der Waals surface area contributed by atoms with Crippen molar-refractivity contribution in [1.29, 1.82) is 0 Å². The normalized spacial score (nSPS) is 12.4. The Morgan fingerprint density at radius 1 is 1.25 bits per heavy atom. The highest BCUT2D eigenvalue weighted by Crippen LogP contribution is 2.24. The zero-order valence-electron chi connectivity index (χ0n) is 12.3. The minimum absolute atomic E-state index is 0.164. The van der Waals surface area contributed by atoms with Crippen LogP contribution in [0.25, 0.3) is 0 Å². The van der Waals surface area contributed by atoms with E-state index in [1.807, 2.05) is 28.9 Å². The van der Waals surface area contributed by atoms with Crippen molar-refractivity contribution in [3.63, 3.8) is 0 Å². The molecule has 1 aromatic heterocycles. The molecule has 1 heterocycles. The number of nitrogens with two attached hydrogens (primary N) is 1. The van der Waals surface area contributed by atoms with Crippen molar-refractivity contribution in [2.45, 2.75) is 39.3 Å². The van der Waals surface area contributed by atoms with Gasteiger partial charge in [0.15, 0.2) is 5.82 Å². The zero-order chi connectivity index (χ0) is 14.5. The summed E-state index contributed by atoms with van der Waals surface area (Å²) in [5, 5.41) is 4.51. The fourth-order valence-corrected chi connectivity index (χ4v) is 2.24. The number of nitrogens with zero attached hydrogens (tertiary/aromatic N) is 3. The Morgan fingerprint density at radius 2 is 2.00 bits per heavy atom. The lowest BCUT2D eigenvalue weighted by atomic mass is 10.1. The van der Waals surface area contributed by atoms with Gasteiger partial charge in [0.2, 0.25) is 0 Å². The summed E-state index contributed by atoms with van der Waals surface area (Å²) >= 11 is 0. The van der Waals surface area contributed by atoms with Crippen LogP contribution in [0.4, 0.5) is 0 Å². The second kappa shape index (κ2) is 6.52. The van der Waals surface area contributed by atoms with Gasteiger partial charge in [-0.3, -0.25) is 0 Å². The fourth-order valence-electron chi connectivity index (χ4n) is 2.24. The molecule has 108 valence electrons. The molecule has 0 aliphatic carbocycles. The van der Waals surface area contributed by atoms with Gasteiger partial charge in [-0.1, -0.05) is 32.0 Å². The number of hydrogen-bond acceptors (Lipinski definition) is 4. The minimum atomic E-state index is -0.164. The molecule has 2 rings (SSSR count). The first-order valence-electron chi connectivity index (χ1n) is 7.00. The van der Waals surface area contributed by atoms with Gasteiger partial charge in [0, 0.05) is 18.4 Å². The van der Waals surface area contributed by atoms with Crippen molar-refractivity contribution in [3.8, 4) is 5.75 Å². The molecule has 0 radical (unpaired) electrons. The first kappa shape index (κ1) is 14.5. The maximum atomic E-state index is 6.31. The van der Waals surface area contributed by atoms with Crippen molar-refractivity contribution in [1.82, 2.24) is 14.8 Å². The topological polar surface area (TPSA) is 66.0 Å². The summed E-state index contributed by atoms with van der Waals surface area (Å²) in [6, 6.07) is 7.67.